The lowest BCUT2D eigenvalue weighted by molar-refractivity contribution is 0.398. The van der Waals surface area contributed by atoms with Crippen molar-refractivity contribution in [3.63, 3.8) is 0 Å². The molecule has 0 spiro atoms. The normalized spacial score (nSPS) is 11.7. The van der Waals surface area contributed by atoms with Crippen molar-refractivity contribution in [2.75, 3.05) is 25.9 Å². The number of hydrogen-bond acceptors (Lipinski definition) is 7. The van der Waals surface area contributed by atoms with Gasteiger partial charge in [-0.15, -0.1) is 0 Å². The molecule has 1 aromatic carbocycles. The van der Waals surface area contributed by atoms with Gasteiger partial charge in [-0.05, 0) is 29.8 Å². The van der Waals surface area contributed by atoms with Gasteiger partial charge >= 0.3 is 10.2 Å². The van der Waals surface area contributed by atoms with Crippen molar-refractivity contribution in [2.24, 2.45) is 0 Å². The molecule has 0 unspecified atom stereocenters. The Hall–Kier alpha value is -3.54. The number of ether oxygens (including phenoxy) is 1. The maximum atomic E-state index is 12.7. The highest BCUT2D eigenvalue weighted by Gasteiger charge is 2.17. The van der Waals surface area contributed by atoms with Gasteiger partial charge in [-0.3, -0.25) is 14.1 Å². The van der Waals surface area contributed by atoms with E-state index in [2.05, 4.69) is 19.7 Å². The standard InChI is InChI=1S/C21H19ClN6O4S/c1-27(2)33(30,31)26-17-8-14(10-25-21(17)22)13-4-6-16-18(9-13)28(20(29)12-23-16)15-5-7-19(32-3)24-11-15/h4-12,26H,1-3H3. The Morgan fingerprint density at radius 3 is 2.45 bits per heavy atom. The molecule has 12 heteroatoms. The van der Waals surface area contributed by atoms with Crippen molar-refractivity contribution < 1.29 is 13.2 Å². The number of methoxy groups -OCH3 is 1. The zero-order valence-corrected chi connectivity index (χ0v) is 19.4. The average molecular weight is 487 g/mol. The highest BCUT2D eigenvalue weighted by Crippen LogP contribution is 2.29. The van der Waals surface area contributed by atoms with E-state index < -0.39 is 10.2 Å². The van der Waals surface area contributed by atoms with Crippen LogP contribution in [0.3, 0.4) is 0 Å². The number of pyridine rings is 2. The Morgan fingerprint density at radius 1 is 1.00 bits per heavy atom. The smallest absolute Gasteiger partial charge is 0.301 e. The van der Waals surface area contributed by atoms with E-state index in [9.17, 15) is 13.2 Å². The number of fused-ring (bicyclic) bond motifs is 1. The van der Waals surface area contributed by atoms with Gasteiger partial charge in [0.2, 0.25) is 5.88 Å². The van der Waals surface area contributed by atoms with E-state index in [0.29, 0.717) is 33.7 Å². The summed E-state index contributed by atoms with van der Waals surface area (Å²) in [6.07, 6.45) is 4.29. The lowest BCUT2D eigenvalue weighted by Gasteiger charge is -2.15. The highest BCUT2D eigenvalue weighted by atomic mass is 35.5. The van der Waals surface area contributed by atoms with E-state index in [-0.39, 0.29) is 16.4 Å². The van der Waals surface area contributed by atoms with Gasteiger partial charge in [0.05, 0.1) is 41.9 Å². The van der Waals surface area contributed by atoms with E-state index in [1.807, 2.05) is 0 Å². The van der Waals surface area contributed by atoms with Crippen molar-refractivity contribution in [1.82, 2.24) is 23.8 Å². The van der Waals surface area contributed by atoms with Gasteiger partial charge in [0.25, 0.3) is 5.56 Å². The molecular weight excluding hydrogens is 468 g/mol. The molecule has 4 aromatic rings. The summed E-state index contributed by atoms with van der Waals surface area (Å²) in [6, 6.07) is 10.3. The van der Waals surface area contributed by atoms with Crippen LogP contribution in [0.25, 0.3) is 27.8 Å². The second-order valence-electron chi connectivity index (χ2n) is 7.15. The molecule has 4 rings (SSSR count). The lowest BCUT2D eigenvalue weighted by atomic mass is 10.1. The zero-order chi connectivity index (χ0) is 23.8. The van der Waals surface area contributed by atoms with Crippen LogP contribution in [0.15, 0.2) is 59.8 Å². The van der Waals surface area contributed by atoms with Crippen LogP contribution in [0, 0.1) is 0 Å². The van der Waals surface area contributed by atoms with Crippen LogP contribution in [0.4, 0.5) is 5.69 Å². The molecule has 10 nitrogen and oxygen atoms in total. The Bertz CT molecular complexity index is 1500. The lowest BCUT2D eigenvalue weighted by Crippen LogP contribution is -2.29. The third kappa shape index (κ3) is 4.51. The number of hydrogen-bond donors (Lipinski definition) is 1. The SMILES string of the molecule is COc1ccc(-n2c(=O)cnc3ccc(-c4cnc(Cl)c(NS(=O)(=O)N(C)C)c4)cc32)cn1. The Morgan fingerprint density at radius 2 is 1.79 bits per heavy atom. The number of benzene rings is 1. The number of nitrogens with zero attached hydrogens (tertiary/aromatic N) is 5. The molecular formula is C21H19ClN6O4S. The molecule has 3 heterocycles. The molecule has 33 heavy (non-hydrogen) atoms. The fraction of sp³-hybridized carbons (Fsp3) is 0.143. The van der Waals surface area contributed by atoms with Gasteiger partial charge in [-0.2, -0.15) is 12.7 Å². The third-order valence-electron chi connectivity index (χ3n) is 4.83. The van der Waals surface area contributed by atoms with E-state index in [1.165, 1.54) is 44.4 Å². The first-order chi connectivity index (χ1) is 15.7. The summed E-state index contributed by atoms with van der Waals surface area (Å²) in [5.74, 6) is 0.422. The second-order valence-corrected chi connectivity index (χ2v) is 9.39. The molecule has 0 bridgehead atoms. The average Bonchev–Trinajstić information content (AvgIpc) is 2.80. The Kier molecular flexibility index (Phi) is 6.02. The van der Waals surface area contributed by atoms with Gasteiger partial charge in [0.1, 0.15) is 0 Å². The molecule has 0 fully saturated rings. The second kappa shape index (κ2) is 8.77. The van der Waals surface area contributed by atoms with E-state index in [1.54, 1.807) is 36.4 Å². The van der Waals surface area contributed by atoms with Gasteiger partial charge in [-0.1, -0.05) is 17.7 Å². The van der Waals surface area contributed by atoms with Crippen molar-refractivity contribution in [3.8, 4) is 22.7 Å². The van der Waals surface area contributed by atoms with E-state index >= 15 is 0 Å². The maximum Gasteiger partial charge on any atom is 0.301 e. The maximum absolute atomic E-state index is 12.7. The number of anilines is 1. The van der Waals surface area contributed by atoms with Crippen LogP contribution < -0.4 is 15.0 Å². The monoisotopic (exact) mass is 486 g/mol. The van der Waals surface area contributed by atoms with Crippen LogP contribution >= 0.6 is 11.6 Å². The highest BCUT2D eigenvalue weighted by molar-refractivity contribution is 7.90. The topological polar surface area (TPSA) is 119 Å². The first-order valence-corrected chi connectivity index (χ1v) is 11.4. The van der Waals surface area contributed by atoms with Gasteiger partial charge in [0.15, 0.2) is 5.15 Å². The Labute approximate surface area is 194 Å². The molecule has 0 aliphatic carbocycles. The van der Waals surface area contributed by atoms with Gasteiger partial charge in [-0.25, -0.2) is 15.0 Å². The number of aromatic nitrogens is 4. The van der Waals surface area contributed by atoms with Crippen molar-refractivity contribution in [3.05, 3.63) is 70.5 Å². The van der Waals surface area contributed by atoms with Gasteiger partial charge < -0.3 is 4.74 Å². The number of rotatable bonds is 6. The molecule has 1 N–H and O–H groups in total. The molecule has 3 aromatic heterocycles. The molecule has 0 radical (unpaired) electrons. The van der Waals surface area contributed by atoms with Crippen LogP contribution in [-0.4, -0.2) is 53.4 Å². The summed E-state index contributed by atoms with van der Waals surface area (Å²) in [4.78, 5) is 25.2. The minimum atomic E-state index is -3.78. The Balaban J connectivity index is 1.85. The molecule has 0 aliphatic heterocycles. The summed E-state index contributed by atoms with van der Waals surface area (Å²) in [6.45, 7) is 0. The fourth-order valence-corrected chi connectivity index (χ4v) is 3.91. The van der Waals surface area contributed by atoms with Crippen LogP contribution in [0.1, 0.15) is 0 Å². The third-order valence-corrected chi connectivity index (χ3v) is 6.57. The van der Waals surface area contributed by atoms with Crippen molar-refractivity contribution in [2.45, 2.75) is 0 Å². The minimum Gasteiger partial charge on any atom is -0.481 e. The summed E-state index contributed by atoms with van der Waals surface area (Å²) in [5, 5.41) is 0.00727. The van der Waals surface area contributed by atoms with Crippen LogP contribution in [-0.2, 0) is 10.2 Å². The summed E-state index contributed by atoms with van der Waals surface area (Å²) >= 11 is 6.11. The van der Waals surface area contributed by atoms with Crippen LogP contribution in [0.5, 0.6) is 5.88 Å². The van der Waals surface area contributed by atoms with Crippen molar-refractivity contribution in [1.29, 1.82) is 0 Å². The van der Waals surface area contributed by atoms with E-state index in [0.717, 1.165) is 4.31 Å². The van der Waals surface area contributed by atoms with Crippen molar-refractivity contribution >= 4 is 38.5 Å². The first-order valence-electron chi connectivity index (χ1n) is 9.58. The van der Waals surface area contributed by atoms with Gasteiger partial charge in [0, 0.05) is 31.9 Å². The molecule has 0 saturated heterocycles. The quantitative estimate of drug-likeness (QED) is 0.416. The fourth-order valence-electron chi connectivity index (χ4n) is 3.09. The first kappa shape index (κ1) is 22.6. The number of nitrogens with one attached hydrogen (secondary N) is 1. The van der Waals surface area contributed by atoms with E-state index in [4.69, 9.17) is 16.3 Å². The molecule has 0 amide bonds. The zero-order valence-electron chi connectivity index (χ0n) is 17.9. The summed E-state index contributed by atoms with van der Waals surface area (Å²) in [5.41, 5.74) is 2.74. The molecule has 0 atom stereocenters. The van der Waals surface area contributed by atoms with Crippen LogP contribution in [0.2, 0.25) is 5.15 Å². The molecule has 0 saturated carbocycles. The summed E-state index contributed by atoms with van der Waals surface area (Å²) in [7, 11) is 0.534. The molecule has 0 aliphatic rings. The minimum absolute atomic E-state index is 0.00727. The predicted octanol–water partition coefficient (Wildman–Crippen LogP) is 2.72. The largest absolute Gasteiger partial charge is 0.481 e. The number of halogens is 1. The molecule has 170 valence electrons. The summed E-state index contributed by atoms with van der Waals surface area (Å²) < 4.78 is 34.5. The predicted molar refractivity (Wildman–Crippen MR) is 126 cm³/mol.